The Bertz CT molecular complexity index is 1030. The van der Waals surface area contributed by atoms with Crippen LogP contribution < -0.4 is 10.4 Å². The van der Waals surface area contributed by atoms with E-state index in [1.807, 2.05) is 0 Å². The van der Waals surface area contributed by atoms with E-state index in [9.17, 15) is 19.2 Å². The molecule has 0 spiro atoms. The van der Waals surface area contributed by atoms with Crippen LogP contribution in [0.4, 0.5) is 0 Å². The molecule has 1 aromatic heterocycles. The first kappa shape index (κ1) is 20.1. The first-order valence-corrected chi connectivity index (χ1v) is 10.1. The van der Waals surface area contributed by atoms with Crippen molar-refractivity contribution in [1.82, 2.24) is 4.90 Å². The number of carbonyl (C=O) groups is 3. The number of carbonyl (C=O) groups excluding carboxylic acids is 3. The lowest BCUT2D eigenvalue weighted by Gasteiger charge is -2.19. The SMILES string of the molecule is COc1ccc2c(COC(=O)CCN3C(=O)[C@@H]4CCCC[C@H]4C3=O)cc(=O)oc2c1. The molecule has 8 nitrogen and oxygen atoms in total. The minimum atomic E-state index is -0.558. The van der Waals surface area contributed by atoms with Gasteiger partial charge in [-0.2, -0.15) is 0 Å². The van der Waals surface area contributed by atoms with Gasteiger partial charge in [-0.05, 0) is 25.0 Å². The van der Waals surface area contributed by atoms with Crippen molar-refractivity contribution in [3.63, 3.8) is 0 Å². The zero-order chi connectivity index (χ0) is 21.3. The highest BCUT2D eigenvalue weighted by molar-refractivity contribution is 6.05. The lowest BCUT2D eigenvalue weighted by atomic mass is 9.81. The minimum Gasteiger partial charge on any atom is -0.497 e. The molecule has 158 valence electrons. The molecule has 1 saturated heterocycles. The molecule has 0 radical (unpaired) electrons. The highest BCUT2D eigenvalue weighted by atomic mass is 16.5. The predicted molar refractivity (Wildman–Crippen MR) is 106 cm³/mol. The summed E-state index contributed by atoms with van der Waals surface area (Å²) < 4.78 is 15.6. The van der Waals surface area contributed by atoms with Gasteiger partial charge in [0.2, 0.25) is 11.8 Å². The van der Waals surface area contributed by atoms with Gasteiger partial charge in [0.15, 0.2) is 0 Å². The minimum absolute atomic E-state index is 0.0262. The van der Waals surface area contributed by atoms with Gasteiger partial charge in [-0.3, -0.25) is 19.3 Å². The third kappa shape index (κ3) is 3.81. The van der Waals surface area contributed by atoms with Gasteiger partial charge < -0.3 is 13.9 Å². The number of fused-ring (bicyclic) bond motifs is 2. The average Bonchev–Trinajstić information content (AvgIpc) is 3.00. The summed E-state index contributed by atoms with van der Waals surface area (Å²) in [6.07, 6.45) is 3.32. The van der Waals surface area contributed by atoms with Crippen LogP contribution in [0.1, 0.15) is 37.7 Å². The van der Waals surface area contributed by atoms with Crippen molar-refractivity contribution in [1.29, 1.82) is 0 Å². The van der Waals surface area contributed by atoms with E-state index in [0.717, 1.165) is 25.7 Å². The van der Waals surface area contributed by atoms with Crippen LogP contribution in [-0.2, 0) is 25.7 Å². The Morgan fingerprint density at radius 2 is 1.80 bits per heavy atom. The molecule has 1 saturated carbocycles. The zero-order valence-electron chi connectivity index (χ0n) is 16.7. The lowest BCUT2D eigenvalue weighted by Crippen LogP contribution is -2.33. The van der Waals surface area contributed by atoms with Crippen LogP contribution in [0.15, 0.2) is 33.5 Å². The van der Waals surface area contributed by atoms with E-state index in [-0.39, 0.29) is 43.2 Å². The maximum Gasteiger partial charge on any atom is 0.336 e. The second kappa shape index (κ2) is 8.30. The summed E-state index contributed by atoms with van der Waals surface area (Å²) in [7, 11) is 1.51. The molecular weight excluding hydrogens is 390 g/mol. The third-order valence-corrected chi connectivity index (χ3v) is 5.90. The fraction of sp³-hybridized carbons (Fsp3) is 0.455. The Balaban J connectivity index is 1.38. The molecule has 4 rings (SSSR count). The van der Waals surface area contributed by atoms with Crippen LogP contribution in [0.25, 0.3) is 11.0 Å². The third-order valence-electron chi connectivity index (χ3n) is 5.90. The first-order valence-electron chi connectivity index (χ1n) is 10.1. The van der Waals surface area contributed by atoms with Crippen LogP contribution in [-0.4, -0.2) is 36.3 Å². The highest BCUT2D eigenvalue weighted by Gasteiger charge is 2.47. The standard InChI is InChI=1S/C22H23NO7/c1-28-14-6-7-15-13(10-20(25)30-18(15)11-14)12-29-19(24)8-9-23-21(26)16-4-2-3-5-17(16)22(23)27/h6-7,10-11,16-17H,2-5,8-9,12H2,1H3/t16-,17-/m1/s1. The van der Waals surface area contributed by atoms with Gasteiger partial charge in [-0.15, -0.1) is 0 Å². The summed E-state index contributed by atoms with van der Waals surface area (Å²) >= 11 is 0. The monoisotopic (exact) mass is 413 g/mol. The average molecular weight is 413 g/mol. The number of esters is 1. The lowest BCUT2D eigenvalue weighted by molar-refractivity contribution is -0.146. The molecule has 2 heterocycles. The molecule has 8 heteroatoms. The summed E-state index contributed by atoms with van der Waals surface area (Å²) in [5.41, 5.74) is 0.290. The molecular formula is C22H23NO7. The van der Waals surface area contributed by atoms with Gasteiger partial charge in [-0.25, -0.2) is 4.79 Å². The van der Waals surface area contributed by atoms with E-state index in [1.54, 1.807) is 18.2 Å². The van der Waals surface area contributed by atoms with Crippen molar-refractivity contribution in [3.8, 4) is 5.75 Å². The number of hydrogen-bond donors (Lipinski definition) is 0. The van der Waals surface area contributed by atoms with Crippen LogP contribution in [0, 0.1) is 11.8 Å². The number of amides is 2. The van der Waals surface area contributed by atoms with Gasteiger partial charge in [0, 0.05) is 29.6 Å². The number of ether oxygens (including phenoxy) is 2. The Hall–Kier alpha value is -3.16. The molecule has 1 aliphatic carbocycles. The Morgan fingerprint density at radius 3 is 2.47 bits per heavy atom. The Kier molecular flexibility index (Phi) is 5.57. The molecule has 1 aliphatic heterocycles. The summed E-state index contributed by atoms with van der Waals surface area (Å²) in [5.74, 6) is -0.791. The molecule has 2 aromatic rings. The maximum absolute atomic E-state index is 12.5. The quantitative estimate of drug-likeness (QED) is 0.407. The Labute approximate surface area is 172 Å². The van der Waals surface area contributed by atoms with Gasteiger partial charge in [-0.1, -0.05) is 12.8 Å². The molecule has 2 fully saturated rings. The zero-order valence-corrected chi connectivity index (χ0v) is 16.7. The van der Waals surface area contributed by atoms with Crippen molar-refractivity contribution < 1.29 is 28.3 Å². The number of rotatable bonds is 6. The van der Waals surface area contributed by atoms with Gasteiger partial charge in [0.1, 0.15) is 17.9 Å². The van der Waals surface area contributed by atoms with Crippen LogP contribution >= 0.6 is 0 Å². The van der Waals surface area contributed by atoms with Crippen LogP contribution in [0.5, 0.6) is 5.75 Å². The van der Waals surface area contributed by atoms with E-state index >= 15 is 0 Å². The largest absolute Gasteiger partial charge is 0.497 e. The summed E-state index contributed by atoms with van der Waals surface area (Å²) in [5, 5.41) is 0.636. The number of likely N-dealkylation sites (tertiary alicyclic amines) is 1. The molecule has 0 bridgehead atoms. The maximum atomic E-state index is 12.5. The molecule has 30 heavy (non-hydrogen) atoms. The highest BCUT2D eigenvalue weighted by Crippen LogP contribution is 2.38. The van der Waals surface area contributed by atoms with Gasteiger partial charge >= 0.3 is 11.6 Å². The summed E-state index contributed by atoms with van der Waals surface area (Å²) in [6, 6.07) is 6.31. The van der Waals surface area contributed by atoms with Crippen molar-refractivity contribution in [2.45, 2.75) is 38.7 Å². The van der Waals surface area contributed by atoms with E-state index in [1.165, 1.54) is 18.1 Å². The molecule has 0 unspecified atom stereocenters. The second-order valence-electron chi connectivity index (χ2n) is 7.69. The Morgan fingerprint density at radius 1 is 1.10 bits per heavy atom. The van der Waals surface area contributed by atoms with Crippen LogP contribution in [0.2, 0.25) is 0 Å². The second-order valence-corrected chi connectivity index (χ2v) is 7.69. The molecule has 2 atom stereocenters. The van der Waals surface area contributed by atoms with Crippen molar-refractivity contribution in [2.75, 3.05) is 13.7 Å². The van der Waals surface area contributed by atoms with E-state index in [2.05, 4.69) is 0 Å². The van der Waals surface area contributed by atoms with E-state index in [0.29, 0.717) is 22.3 Å². The van der Waals surface area contributed by atoms with E-state index in [4.69, 9.17) is 13.9 Å². The number of nitrogens with zero attached hydrogens (tertiary/aromatic N) is 1. The van der Waals surface area contributed by atoms with E-state index < -0.39 is 11.6 Å². The fourth-order valence-corrected chi connectivity index (χ4v) is 4.34. The molecule has 1 aromatic carbocycles. The number of hydrogen-bond acceptors (Lipinski definition) is 7. The van der Waals surface area contributed by atoms with Crippen molar-refractivity contribution in [3.05, 3.63) is 40.2 Å². The topological polar surface area (TPSA) is 103 Å². The molecule has 2 aliphatic rings. The summed E-state index contributed by atoms with van der Waals surface area (Å²) in [4.78, 5) is 50.2. The first-order chi connectivity index (χ1) is 14.5. The van der Waals surface area contributed by atoms with Gasteiger partial charge in [0.05, 0.1) is 25.4 Å². The van der Waals surface area contributed by atoms with Crippen molar-refractivity contribution >= 4 is 28.8 Å². The smallest absolute Gasteiger partial charge is 0.336 e. The summed E-state index contributed by atoms with van der Waals surface area (Å²) in [6.45, 7) is -0.0845. The van der Waals surface area contributed by atoms with Crippen molar-refractivity contribution in [2.24, 2.45) is 11.8 Å². The number of methoxy groups -OCH3 is 1. The van der Waals surface area contributed by atoms with Gasteiger partial charge in [0.25, 0.3) is 0 Å². The molecule has 2 amide bonds. The molecule has 0 N–H and O–H groups in total. The normalized spacial score (nSPS) is 21.0. The predicted octanol–water partition coefficient (Wildman–Crippen LogP) is 2.41. The number of imide groups is 1. The number of benzene rings is 1. The van der Waals surface area contributed by atoms with Crippen LogP contribution in [0.3, 0.4) is 0 Å². The fourth-order valence-electron chi connectivity index (χ4n) is 4.34.